The van der Waals surface area contributed by atoms with E-state index in [0.717, 1.165) is 19.6 Å². The van der Waals surface area contributed by atoms with Gasteiger partial charge in [0.15, 0.2) is 0 Å². The molecule has 1 aromatic carbocycles. The van der Waals surface area contributed by atoms with Gasteiger partial charge in [-0.2, -0.15) is 0 Å². The second-order valence-corrected chi connectivity index (χ2v) is 5.12. The Morgan fingerprint density at radius 3 is 3.12 bits per heavy atom. The van der Waals surface area contributed by atoms with Gasteiger partial charge < -0.3 is 10.2 Å². The number of carbonyl (C=O) groups excluding carboxylic acids is 1. The van der Waals surface area contributed by atoms with Crippen LogP contribution in [0.15, 0.2) is 18.2 Å². The molecule has 0 bridgehead atoms. The van der Waals surface area contributed by atoms with Gasteiger partial charge in [-0.05, 0) is 43.5 Å². The number of nitrogens with zero attached hydrogens (tertiary/aromatic N) is 1. The summed E-state index contributed by atoms with van der Waals surface area (Å²) in [4.78, 5) is 14.1. The Bertz CT molecular complexity index is 450. The molecule has 2 heterocycles. The number of anilines is 1. The molecule has 0 saturated carbocycles. The van der Waals surface area contributed by atoms with Crippen LogP contribution in [-0.4, -0.2) is 25.5 Å². The Morgan fingerprint density at radius 2 is 2.35 bits per heavy atom. The maximum atomic E-state index is 12.1. The number of hydrogen-bond donors (Lipinski definition) is 1. The van der Waals surface area contributed by atoms with Crippen LogP contribution in [0.2, 0.25) is 0 Å². The summed E-state index contributed by atoms with van der Waals surface area (Å²) in [5, 5.41) is 3.36. The van der Waals surface area contributed by atoms with E-state index in [2.05, 4.69) is 24.4 Å². The third-order valence-electron chi connectivity index (χ3n) is 3.84. The highest BCUT2D eigenvalue weighted by Crippen LogP contribution is 2.33. The molecular weight excluding hydrogens is 212 g/mol. The van der Waals surface area contributed by atoms with Crippen molar-refractivity contribution >= 4 is 11.6 Å². The summed E-state index contributed by atoms with van der Waals surface area (Å²) in [6.07, 6.45) is 1.77. The van der Waals surface area contributed by atoms with Gasteiger partial charge in [-0.1, -0.05) is 18.2 Å². The van der Waals surface area contributed by atoms with Crippen molar-refractivity contribution in [2.24, 2.45) is 5.92 Å². The fourth-order valence-corrected chi connectivity index (χ4v) is 2.95. The Balaban J connectivity index is 1.88. The first-order valence-corrected chi connectivity index (χ1v) is 6.35. The Morgan fingerprint density at radius 1 is 1.47 bits per heavy atom. The van der Waals surface area contributed by atoms with E-state index in [1.807, 2.05) is 11.0 Å². The number of amides is 1. The molecule has 1 fully saturated rings. The molecule has 0 aliphatic carbocycles. The van der Waals surface area contributed by atoms with Crippen molar-refractivity contribution in [2.45, 2.75) is 19.8 Å². The van der Waals surface area contributed by atoms with Crippen LogP contribution in [-0.2, 0) is 11.2 Å². The van der Waals surface area contributed by atoms with Crippen molar-refractivity contribution < 1.29 is 4.79 Å². The topological polar surface area (TPSA) is 32.3 Å². The Hall–Kier alpha value is -1.35. The number of rotatable bonds is 2. The van der Waals surface area contributed by atoms with E-state index in [1.165, 1.54) is 23.2 Å². The van der Waals surface area contributed by atoms with Crippen molar-refractivity contribution in [3.05, 3.63) is 29.3 Å². The molecule has 2 aliphatic heterocycles. The van der Waals surface area contributed by atoms with Crippen molar-refractivity contribution in [3.8, 4) is 0 Å². The maximum Gasteiger partial charge on any atom is 0.231 e. The van der Waals surface area contributed by atoms with Crippen LogP contribution in [0.5, 0.6) is 0 Å². The molecule has 3 nitrogen and oxygen atoms in total. The van der Waals surface area contributed by atoms with Gasteiger partial charge in [0.05, 0.1) is 12.1 Å². The molecule has 0 spiro atoms. The minimum atomic E-state index is 0.265. The number of benzene rings is 1. The number of fused-ring (bicyclic) bond motifs is 1. The summed E-state index contributed by atoms with van der Waals surface area (Å²) in [7, 11) is 0. The van der Waals surface area contributed by atoms with Gasteiger partial charge in [0.2, 0.25) is 5.91 Å². The van der Waals surface area contributed by atoms with E-state index in [9.17, 15) is 4.79 Å². The number of carbonyl (C=O) groups is 1. The van der Waals surface area contributed by atoms with E-state index in [0.29, 0.717) is 12.3 Å². The lowest BCUT2D eigenvalue weighted by molar-refractivity contribution is -0.117. The smallest absolute Gasteiger partial charge is 0.231 e. The summed E-state index contributed by atoms with van der Waals surface area (Å²) in [5.41, 5.74) is 3.59. The molecular formula is C14H18N2O. The van der Waals surface area contributed by atoms with Crippen molar-refractivity contribution in [2.75, 3.05) is 24.5 Å². The lowest BCUT2D eigenvalue weighted by Gasteiger charge is -2.22. The lowest BCUT2D eigenvalue weighted by atomic mass is 10.1. The van der Waals surface area contributed by atoms with Crippen LogP contribution in [0.3, 0.4) is 0 Å². The quantitative estimate of drug-likeness (QED) is 0.835. The van der Waals surface area contributed by atoms with E-state index < -0.39 is 0 Å². The summed E-state index contributed by atoms with van der Waals surface area (Å²) >= 11 is 0. The highest BCUT2D eigenvalue weighted by Gasteiger charge is 2.30. The Labute approximate surface area is 102 Å². The van der Waals surface area contributed by atoms with Crippen LogP contribution in [0, 0.1) is 12.8 Å². The number of nitrogens with one attached hydrogen (secondary N) is 1. The maximum absolute atomic E-state index is 12.1. The summed E-state index contributed by atoms with van der Waals surface area (Å²) in [5.74, 6) is 0.880. The lowest BCUT2D eigenvalue weighted by Crippen LogP contribution is -2.33. The van der Waals surface area contributed by atoms with E-state index in [1.54, 1.807) is 0 Å². The molecule has 1 unspecified atom stereocenters. The van der Waals surface area contributed by atoms with E-state index in [-0.39, 0.29) is 5.91 Å². The number of para-hydroxylation sites is 1. The third kappa shape index (κ3) is 1.84. The van der Waals surface area contributed by atoms with Gasteiger partial charge in [-0.15, -0.1) is 0 Å². The Kier molecular flexibility index (Phi) is 2.63. The average molecular weight is 230 g/mol. The molecule has 3 heteroatoms. The van der Waals surface area contributed by atoms with Crippen molar-refractivity contribution in [1.82, 2.24) is 5.32 Å². The zero-order valence-corrected chi connectivity index (χ0v) is 10.2. The first kappa shape index (κ1) is 10.8. The largest absolute Gasteiger partial charge is 0.316 e. The molecule has 2 aliphatic rings. The zero-order valence-electron chi connectivity index (χ0n) is 10.2. The van der Waals surface area contributed by atoms with Crippen molar-refractivity contribution in [3.63, 3.8) is 0 Å². The fourth-order valence-electron chi connectivity index (χ4n) is 2.95. The minimum absolute atomic E-state index is 0.265. The second-order valence-electron chi connectivity index (χ2n) is 5.12. The molecule has 1 N–H and O–H groups in total. The summed E-state index contributed by atoms with van der Waals surface area (Å²) < 4.78 is 0. The first-order valence-electron chi connectivity index (χ1n) is 6.35. The van der Waals surface area contributed by atoms with E-state index in [4.69, 9.17) is 0 Å². The molecule has 1 atom stereocenters. The van der Waals surface area contributed by atoms with Gasteiger partial charge in [-0.25, -0.2) is 0 Å². The standard InChI is InChI=1S/C14H18N2O/c1-10-3-2-4-12-7-13(17)16(14(10)12)9-11-5-6-15-8-11/h2-4,11,15H,5-9H2,1H3. The molecule has 0 radical (unpaired) electrons. The predicted octanol–water partition coefficient (Wildman–Crippen LogP) is 1.49. The second kappa shape index (κ2) is 4.15. The molecule has 90 valence electrons. The van der Waals surface area contributed by atoms with Crippen LogP contribution >= 0.6 is 0 Å². The van der Waals surface area contributed by atoms with Gasteiger partial charge in [-0.3, -0.25) is 4.79 Å². The highest BCUT2D eigenvalue weighted by molar-refractivity contribution is 6.02. The first-order chi connectivity index (χ1) is 8.25. The molecule has 1 aromatic rings. The molecule has 1 amide bonds. The average Bonchev–Trinajstić information content (AvgIpc) is 2.89. The van der Waals surface area contributed by atoms with Gasteiger partial charge in [0.1, 0.15) is 0 Å². The molecule has 17 heavy (non-hydrogen) atoms. The van der Waals surface area contributed by atoms with Crippen LogP contribution in [0.25, 0.3) is 0 Å². The highest BCUT2D eigenvalue weighted by atomic mass is 16.2. The zero-order chi connectivity index (χ0) is 11.8. The van der Waals surface area contributed by atoms with Gasteiger partial charge in [0, 0.05) is 6.54 Å². The molecule has 1 saturated heterocycles. The minimum Gasteiger partial charge on any atom is -0.316 e. The van der Waals surface area contributed by atoms with Gasteiger partial charge in [0.25, 0.3) is 0 Å². The van der Waals surface area contributed by atoms with Crippen LogP contribution < -0.4 is 10.2 Å². The number of hydrogen-bond acceptors (Lipinski definition) is 2. The predicted molar refractivity (Wildman–Crippen MR) is 68.2 cm³/mol. The van der Waals surface area contributed by atoms with Crippen molar-refractivity contribution in [1.29, 1.82) is 0 Å². The molecule has 3 rings (SSSR count). The summed E-state index contributed by atoms with van der Waals surface area (Å²) in [6.45, 7) is 5.11. The SMILES string of the molecule is Cc1cccc2c1N(CC1CCNC1)C(=O)C2. The van der Waals surface area contributed by atoms with E-state index >= 15 is 0 Å². The van der Waals surface area contributed by atoms with Crippen LogP contribution in [0.4, 0.5) is 5.69 Å². The normalized spacial score (nSPS) is 23.2. The third-order valence-corrected chi connectivity index (χ3v) is 3.84. The van der Waals surface area contributed by atoms with Crippen LogP contribution in [0.1, 0.15) is 17.5 Å². The summed E-state index contributed by atoms with van der Waals surface area (Å²) in [6, 6.07) is 6.21. The monoisotopic (exact) mass is 230 g/mol. The number of aryl methyl sites for hydroxylation is 1. The molecule has 0 aromatic heterocycles. The van der Waals surface area contributed by atoms with Gasteiger partial charge >= 0.3 is 0 Å². The fraction of sp³-hybridized carbons (Fsp3) is 0.500.